The predicted octanol–water partition coefficient (Wildman–Crippen LogP) is 0.997. The van der Waals surface area contributed by atoms with Crippen LogP contribution in [0.3, 0.4) is 0 Å². The van der Waals surface area contributed by atoms with E-state index in [1.807, 2.05) is 19.3 Å². The van der Waals surface area contributed by atoms with Crippen LogP contribution >= 0.6 is 11.5 Å². The van der Waals surface area contributed by atoms with Crippen molar-refractivity contribution in [1.29, 1.82) is 0 Å². The monoisotopic (exact) mass is 239 g/mol. The second-order valence-corrected chi connectivity index (χ2v) is 3.97. The SMILES string of the molecule is COCCNc1nc(-c2ccn(C)n2)ns1. The summed E-state index contributed by atoms with van der Waals surface area (Å²) in [5.74, 6) is 0.658. The van der Waals surface area contributed by atoms with E-state index in [0.717, 1.165) is 17.4 Å². The number of anilines is 1. The van der Waals surface area contributed by atoms with Gasteiger partial charge in [0.25, 0.3) is 0 Å². The maximum atomic E-state index is 4.94. The summed E-state index contributed by atoms with van der Waals surface area (Å²) < 4.78 is 10.9. The summed E-state index contributed by atoms with van der Waals surface area (Å²) in [6.07, 6.45) is 1.87. The standard InChI is InChI=1S/C9H13N5OS/c1-14-5-3-7(12-14)8-11-9(16-13-8)10-4-6-15-2/h3,5H,4,6H2,1-2H3,(H,10,11,13). The van der Waals surface area contributed by atoms with Crippen LogP contribution in [0.15, 0.2) is 12.3 Å². The second kappa shape index (κ2) is 5.04. The van der Waals surface area contributed by atoms with Crippen LogP contribution in [0.4, 0.5) is 5.13 Å². The van der Waals surface area contributed by atoms with Crippen molar-refractivity contribution >= 4 is 16.7 Å². The molecule has 0 saturated heterocycles. The second-order valence-electron chi connectivity index (χ2n) is 3.22. The molecular weight excluding hydrogens is 226 g/mol. The third-order valence-corrected chi connectivity index (χ3v) is 2.62. The lowest BCUT2D eigenvalue weighted by atomic mass is 10.4. The van der Waals surface area contributed by atoms with Gasteiger partial charge in [0.05, 0.1) is 6.61 Å². The zero-order valence-electron chi connectivity index (χ0n) is 9.17. The first-order valence-electron chi connectivity index (χ1n) is 4.86. The van der Waals surface area contributed by atoms with Crippen LogP contribution in [0.1, 0.15) is 0 Å². The maximum Gasteiger partial charge on any atom is 0.203 e. The third kappa shape index (κ3) is 2.56. The molecule has 0 radical (unpaired) electrons. The van der Waals surface area contributed by atoms with E-state index in [9.17, 15) is 0 Å². The Morgan fingerprint density at radius 2 is 2.44 bits per heavy atom. The van der Waals surface area contributed by atoms with Crippen molar-refractivity contribution in [3.05, 3.63) is 12.3 Å². The smallest absolute Gasteiger partial charge is 0.203 e. The summed E-state index contributed by atoms with van der Waals surface area (Å²) in [4.78, 5) is 4.33. The molecular formula is C9H13N5OS. The molecule has 0 spiro atoms. The van der Waals surface area contributed by atoms with Crippen molar-refractivity contribution in [3.63, 3.8) is 0 Å². The number of aryl methyl sites for hydroxylation is 1. The van der Waals surface area contributed by atoms with Gasteiger partial charge in [0.15, 0.2) is 5.82 Å². The number of hydrogen-bond acceptors (Lipinski definition) is 6. The zero-order valence-corrected chi connectivity index (χ0v) is 9.99. The van der Waals surface area contributed by atoms with Crippen molar-refractivity contribution < 1.29 is 4.74 Å². The Labute approximate surface area is 97.4 Å². The highest BCUT2D eigenvalue weighted by Gasteiger charge is 2.08. The molecule has 0 saturated carbocycles. The Hall–Kier alpha value is -1.47. The molecule has 16 heavy (non-hydrogen) atoms. The summed E-state index contributed by atoms with van der Waals surface area (Å²) in [6.45, 7) is 1.38. The Morgan fingerprint density at radius 1 is 1.56 bits per heavy atom. The van der Waals surface area contributed by atoms with Crippen LogP contribution in [0.25, 0.3) is 11.5 Å². The van der Waals surface area contributed by atoms with Crippen LogP contribution in [0.2, 0.25) is 0 Å². The maximum absolute atomic E-state index is 4.94. The molecule has 0 aliphatic heterocycles. The van der Waals surface area contributed by atoms with Crippen LogP contribution in [0, 0.1) is 0 Å². The van der Waals surface area contributed by atoms with Crippen molar-refractivity contribution in [2.75, 3.05) is 25.6 Å². The van der Waals surface area contributed by atoms with Crippen LogP contribution < -0.4 is 5.32 Å². The quantitative estimate of drug-likeness (QED) is 0.788. The van der Waals surface area contributed by atoms with Crippen molar-refractivity contribution in [3.8, 4) is 11.5 Å². The Kier molecular flexibility index (Phi) is 3.47. The van der Waals surface area contributed by atoms with Gasteiger partial charge < -0.3 is 10.1 Å². The fourth-order valence-electron chi connectivity index (χ4n) is 1.19. The molecule has 86 valence electrons. The molecule has 0 aromatic carbocycles. The van der Waals surface area contributed by atoms with Crippen LogP contribution in [-0.4, -0.2) is 39.4 Å². The largest absolute Gasteiger partial charge is 0.383 e. The first-order valence-corrected chi connectivity index (χ1v) is 5.63. The highest BCUT2D eigenvalue weighted by atomic mass is 32.1. The van der Waals surface area contributed by atoms with Crippen molar-refractivity contribution in [2.24, 2.45) is 7.05 Å². The summed E-state index contributed by atoms with van der Waals surface area (Å²) >= 11 is 1.33. The van der Waals surface area contributed by atoms with Gasteiger partial charge in [-0.3, -0.25) is 4.68 Å². The average Bonchev–Trinajstić information content (AvgIpc) is 2.87. The molecule has 2 aromatic heterocycles. The van der Waals surface area contributed by atoms with Gasteiger partial charge in [-0.05, 0) is 6.07 Å². The highest BCUT2D eigenvalue weighted by molar-refractivity contribution is 7.09. The van der Waals surface area contributed by atoms with Gasteiger partial charge in [0.2, 0.25) is 5.13 Å². The number of methoxy groups -OCH3 is 1. The number of nitrogens with one attached hydrogen (secondary N) is 1. The van der Waals surface area contributed by atoms with E-state index >= 15 is 0 Å². The van der Waals surface area contributed by atoms with Crippen LogP contribution in [-0.2, 0) is 11.8 Å². The normalized spacial score (nSPS) is 10.6. The molecule has 0 bridgehead atoms. The number of rotatable bonds is 5. The number of hydrogen-bond donors (Lipinski definition) is 1. The van der Waals surface area contributed by atoms with E-state index in [-0.39, 0.29) is 0 Å². The topological polar surface area (TPSA) is 64.9 Å². The lowest BCUT2D eigenvalue weighted by molar-refractivity contribution is 0.211. The summed E-state index contributed by atoms with van der Waals surface area (Å²) in [5.41, 5.74) is 0.790. The zero-order chi connectivity index (χ0) is 11.4. The number of aromatic nitrogens is 4. The van der Waals surface area contributed by atoms with Gasteiger partial charge in [-0.1, -0.05) is 0 Å². The summed E-state index contributed by atoms with van der Waals surface area (Å²) in [6, 6.07) is 1.89. The summed E-state index contributed by atoms with van der Waals surface area (Å²) in [7, 11) is 3.54. The van der Waals surface area contributed by atoms with E-state index in [0.29, 0.717) is 12.4 Å². The number of nitrogens with zero attached hydrogens (tertiary/aromatic N) is 4. The molecule has 0 aliphatic rings. The van der Waals surface area contributed by atoms with E-state index in [1.165, 1.54) is 11.5 Å². The minimum atomic E-state index is 0.651. The van der Waals surface area contributed by atoms with Crippen LogP contribution in [0.5, 0.6) is 0 Å². The number of ether oxygens (including phenoxy) is 1. The van der Waals surface area contributed by atoms with Gasteiger partial charge in [-0.2, -0.15) is 14.5 Å². The predicted molar refractivity (Wildman–Crippen MR) is 62.5 cm³/mol. The minimum absolute atomic E-state index is 0.651. The first kappa shape index (κ1) is 11.0. The average molecular weight is 239 g/mol. The molecule has 2 aromatic rings. The Morgan fingerprint density at radius 3 is 3.12 bits per heavy atom. The van der Waals surface area contributed by atoms with E-state index in [2.05, 4.69) is 19.8 Å². The molecule has 2 rings (SSSR count). The van der Waals surface area contributed by atoms with Gasteiger partial charge in [-0.15, -0.1) is 0 Å². The van der Waals surface area contributed by atoms with Gasteiger partial charge in [0, 0.05) is 38.4 Å². The molecule has 7 heteroatoms. The third-order valence-electron chi connectivity index (χ3n) is 1.95. The summed E-state index contributed by atoms with van der Waals surface area (Å²) in [5, 5.41) is 8.15. The molecule has 1 N–H and O–H groups in total. The lowest BCUT2D eigenvalue weighted by Crippen LogP contribution is -2.07. The van der Waals surface area contributed by atoms with Crippen molar-refractivity contribution in [2.45, 2.75) is 0 Å². The lowest BCUT2D eigenvalue weighted by Gasteiger charge is -1.98. The van der Waals surface area contributed by atoms with E-state index in [4.69, 9.17) is 4.74 Å². The fourth-order valence-corrected chi connectivity index (χ4v) is 1.79. The van der Waals surface area contributed by atoms with Gasteiger partial charge >= 0.3 is 0 Å². The molecule has 6 nitrogen and oxygen atoms in total. The molecule has 0 atom stereocenters. The Bertz CT molecular complexity index is 452. The highest BCUT2D eigenvalue weighted by Crippen LogP contribution is 2.18. The van der Waals surface area contributed by atoms with Crippen molar-refractivity contribution in [1.82, 2.24) is 19.1 Å². The minimum Gasteiger partial charge on any atom is -0.383 e. The molecule has 2 heterocycles. The molecule has 0 unspecified atom stereocenters. The fraction of sp³-hybridized carbons (Fsp3) is 0.444. The molecule has 0 aliphatic carbocycles. The molecule has 0 amide bonds. The van der Waals surface area contributed by atoms with E-state index < -0.39 is 0 Å². The van der Waals surface area contributed by atoms with E-state index in [1.54, 1.807) is 11.8 Å². The van der Waals surface area contributed by atoms with Gasteiger partial charge in [-0.25, -0.2) is 0 Å². The first-order chi connectivity index (χ1) is 7.79. The molecule has 0 fully saturated rings. The van der Waals surface area contributed by atoms with Gasteiger partial charge in [0.1, 0.15) is 5.69 Å². The Balaban J connectivity index is 2.02.